The Bertz CT molecular complexity index is 745. The average molecular weight is 429 g/mol. The molecule has 0 saturated carbocycles. The zero-order valence-corrected chi connectivity index (χ0v) is 16.5. The molecule has 0 spiro atoms. The molecule has 0 atom stereocenters. The fourth-order valence-electron chi connectivity index (χ4n) is 2.52. The van der Waals surface area contributed by atoms with Gasteiger partial charge in [0.2, 0.25) is 0 Å². The van der Waals surface area contributed by atoms with Crippen LogP contribution < -0.4 is 16.4 Å². The number of benzene rings is 1. The summed E-state index contributed by atoms with van der Waals surface area (Å²) >= 11 is 11.1. The van der Waals surface area contributed by atoms with Gasteiger partial charge in [0, 0.05) is 28.0 Å². The summed E-state index contributed by atoms with van der Waals surface area (Å²) in [6, 6.07) is 5.71. The smallest absolute Gasteiger partial charge is 0.158 e. The van der Waals surface area contributed by atoms with Gasteiger partial charge in [-0.25, -0.2) is 9.97 Å². The first-order valence-electron chi connectivity index (χ1n) is 7.63. The van der Waals surface area contributed by atoms with Crippen LogP contribution in [0, 0.1) is 0 Å². The fourth-order valence-corrected chi connectivity index (χ4v) is 4.07. The van der Waals surface area contributed by atoms with E-state index >= 15 is 0 Å². The van der Waals surface area contributed by atoms with Gasteiger partial charge in [0.25, 0.3) is 0 Å². The van der Waals surface area contributed by atoms with E-state index < -0.39 is 0 Å². The molecule has 1 saturated heterocycles. The predicted molar refractivity (Wildman–Crippen MR) is 104 cm³/mol. The van der Waals surface area contributed by atoms with Crippen molar-refractivity contribution in [2.45, 2.75) is 35.2 Å². The summed E-state index contributed by atoms with van der Waals surface area (Å²) in [6.07, 6.45) is 3.63. The zero-order valence-electron chi connectivity index (χ0n) is 13.3. The summed E-state index contributed by atoms with van der Waals surface area (Å²) in [4.78, 5) is 12.1. The SMILES string of the molecule is CC1(N)CCN(c2cnc(Sc3ccc(Br)cc3Cl)c(N)n2)CC1. The number of hydrogen-bond acceptors (Lipinski definition) is 6. The number of aromatic nitrogens is 2. The van der Waals surface area contributed by atoms with E-state index in [2.05, 4.69) is 37.7 Å². The summed E-state index contributed by atoms with van der Waals surface area (Å²) in [5.74, 6) is 1.21. The Morgan fingerprint density at radius 2 is 2.04 bits per heavy atom. The van der Waals surface area contributed by atoms with Crippen LogP contribution in [0.25, 0.3) is 0 Å². The maximum atomic E-state index is 6.25. The van der Waals surface area contributed by atoms with Gasteiger partial charge in [0.05, 0.1) is 11.2 Å². The topological polar surface area (TPSA) is 81.1 Å². The quantitative estimate of drug-likeness (QED) is 0.770. The van der Waals surface area contributed by atoms with E-state index in [0.29, 0.717) is 15.9 Å². The lowest BCUT2D eigenvalue weighted by molar-refractivity contribution is 0.363. The van der Waals surface area contributed by atoms with Crippen molar-refractivity contribution >= 4 is 50.9 Å². The molecule has 1 aromatic carbocycles. The molecule has 1 aromatic heterocycles. The molecule has 3 rings (SSSR count). The van der Waals surface area contributed by atoms with Crippen molar-refractivity contribution in [2.75, 3.05) is 23.7 Å². The van der Waals surface area contributed by atoms with Crippen LogP contribution in [-0.2, 0) is 0 Å². The molecule has 2 heterocycles. The highest BCUT2D eigenvalue weighted by atomic mass is 79.9. The molecule has 0 bridgehead atoms. The molecule has 0 amide bonds. The lowest BCUT2D eigenvalue weighted by atomic mass is 9.91. The minimum atomic E-state index is -0.0937. The van der Waals surface area contributed by atoms with E-state index in [1.165, 1.54) is 11.8 Å². The second-order valence-electron chi connectivity index (χ2n) is 6.24. The fraction of sp³-hybridized carbons (Fsp3) is 0.375. The van der Waals surface area contributed by atoms with Gasteiger partial charge < -0.3 is 16.4 Å². The molecule has 0 radical (unpaired) electrons. The number of nitrogens with zero attached hydrogens (tertiary/aromatic N) is 3. The molecule has 24 heavy (non-hydrogen) atoms. The van der Waals surface area contributed by atoms with Crippen LogP contribution >= 0.6 is 39.3 Å². The lowest BCUT2D eigenvalue weighted by Gasteiger charge is -2.37. The van der Waals surface area contributed by atoms with Crippen molar-refractivity contribution < 1.29 is 0 Å². The second-order valence-corrected chi connectivity index (χ2v) is 8.59. The average Bonchev–Trinajstić information content (AvgIpc) is 2.52. The van der Waals surface area contributed by atoms with Crippen LogP contribution in [0.2, 0.25) is 5.02 Å². The number of rotatable bonds is 3. The van der Waals surface area contributed by atoms with Crippen molar-refractivity contribution in [3.05, 3.63) is 33.9 Å². The predicted octanol–water partition coefficient (Wildman–Crippen LogP) is 3.94. The first kappa shape index (κ1) is 17.8. The van der Waals surface area contributed by atoms with Crippen LogP contribution in [0.5, 0.6) is 0 Å². The van der Waals surface area contributed by atoms with Gasteiger partial charge in [-0.05, 0) is 38.0 Å². The number of piperidine rings is 1. The second kappa shape index (κ2) is 7.07. The minimum absolute atomic E-state index is 0.0937. The largest absolute Gasteiger partial charge is 0.381 e. The van der Waals surface area contributed by atoms with Gasteiger partial charge in [0.15, 0.2) is 5.82 Å². The maximum Gasteiger partial charge on any atom is 0.158 e. The lowest BCUT2D eigenvalue weighted by Crippen LogP contribution is -2.48. The Kier molecular flexibility index (Phi) is 5.24. The Balaban J connectivity index is 1.75. The summed E-state index contributed by atoms with van der Waals surface area (Å²) < 4.78 is 0.934. The Morgan fingerprint density at radius 3 is 2.67 bits per heavy atom. The number of nitrogens with two attached hydrogens (primary N) is 2. The van der Waals surface area contributed by atoms with Gasteiger partial charge in [-0.3, -0.25) is 0 Å². The van der Waals surface area contributed by atoms with Crippen LogP contribution in [0.3, 0.4) is 0 Å². The normalized spacial score (nSPS) is 17.1. The Morgan fingerprint density at radius 1 is 1.33 bits per heavy atom. The van der Waals surface area contributed by atoms with Gasteiger partial charge in [-0.1, -0.05) is 39.3 Å². The molecular formula is C16H19BrClN5S. The standard InChI is InChI=1S/C16H19BrClN5S/c1-16(20)4-6-23(7-5-16)13-9-21-15(14(19)22-13)24-12-3-2-10(17)8-11(12)18/h2-3,8-9H,4-7,20H2,1H3,(H2,19,22). The Hall–Kier alpha value is -1.02. The van der Waals surface area contributed by atoms with Crippen molar-refractivity contribution in [2.24, 2.45) is 5.73 Å². The molecule has 8 heteroatoms. The zero-order chi connectivity index (χ0) is 17.3. The Labute approximate surface area is 159 Å². The van der Waals surface area contributed by atoms with Crippen molar-refractivity contribution in [3.63, 3.8) is 0 Å². The van der Waals surface area contributed by atoms with Crippen molar-refractivity contribution in [3.8, 4) is 0 Å². The van der Waals surface area contributed by atoms with E-state index in [-0.39, 0.29) is 5.54 Å². The van der Waals surface area contributed by atoms with Gasteiger partial charge in [-0.2, -0.15) is 0 Å². The third-order valence-corrected chi connectivity index (χ3v) is 6.08. The van der Waals surface area contributed by atoms with E-state index in [4.69, 9.17) is 23.1 Å². The summed E-state index contributed by atoms with van der Waals surface area (Å²) in [5, 5.41) is 1.31. The van der Waals surface area contributed by atoms with Crippen LogP contribution in [-0.4, -0.2) is 28.6 Å². The number of nitrogen functional groups attached to an aromatic ring is 1. The van der Waals surface area contributed by atoms with Gasteiger partial charge in [0.1, 0.15) is 10.8 Å². The summed E-state index contributed by atoms with van der Waals surface area (Å²) in [6.45, 7) is 3.82. The molecule has 1 aliphatic rings. The van der Waals surface area contributed by atoms with Crippen molar-refractivity contribution in [1.29, 1.82) is 0 Å². The summed E-state index contributed by atoms with van der Waals surface area (Å²) in [7, 11) is 0. The molecule has 4 N–H and O–H groups in total. The monoisotopic (exact) mass is 427 g/mol. The molecule has 1 aliphatic heterocycles. The minimum Gasteiger partial charge on any atom is -0.381 e. The number of hydrogen-bond donors (Lipinski definition) is 2. The van der Waals surface area contributed by atoms with Crippen LogP contribution in [0.4, 0.5) is 11.6 Å². The van der Waals surface area contributed by atoms with Gasteiger partial charge >= 0.3 is 0 Å². The maximum absolute atomic E-state index is 6.25. The highest BCUT2D eigenvalue weighted by molar-refractivity contribution is 9.10. The molecule has 128 valence electrons. The summed E-state index contributed by atoms with van der Waals surface area (Å²) in [5.41, 5.74) is 12.2. The van der Waals surface area contributed by atoms with Crippen molar-refractivity contribution in [1.82, 2.24) is 9.97 Å². The molecule has 2 aromatic rings. The van der Waals surface area contributed by atoms with E-state index in [1.54, 1.807) is 6.20 Å². The van der Waals surface area contributed by atoms with E-state index in [0.717, 1.165) is 41.1 Å². The first-order valence-corrected chi connectivity index (χ1v) is 9.62. The molecular weight excluding hydrogens is 410 g/mol. The number of halogens is 2. The number of anilines is 2. The van der Waals surface area contributed by atoms with E-state index in [9.17, 15) is 0 Å². The van der Waals surface area contributed by atoms with Crippen LogP contribution in [0.15, 0.2) is 38.8 Å². The highest BCUT2D eigenvalue weighted by Gasteiger charge is 2.26. The van der Waals surface area contributed by atoms with Gasteiger partial charge in [-0.15, -0.1) is 0 Å². The van der Waals surface area contributed by atoms with E-state index in [1.807, 2.05) is 18.2 Å². The first-order chi connectivity index (χ1) is 11.3. The molecule has 1 fully saturated rings. The molecule has 0 unspecified atom stereocenters. The third kappa shape index (κ3) is 4.14. The highest BCUT2D eigenvalue weighted by Crippen LogP contribution is 2.36. The molecule has 0 aliphatic carbocycles. The third-order valence-electron chi connectivity index (χ3n) is 4.08. The van der Waals surface area contributed by atoms with Crippen LogP contribution in [0.1, 0.15) is 19.8 Å². The molecule has 5 nitrogen and oxygen atoms in total.